The maximum atomic E-state index is 12.0. The van der Waals surface area contributed by atoms with E-state index in [1.807, 2.05) is 6.92 Å². The summed E-state index contributed by atoms with van der Waals surface area (Å²) >= 11 is 0. The molecule has 1 aliphatic rings. The lowest BCUT2D eigenvalue weighted by Gasteiger charge is -2.15. The molecule has 3 heteroatoms. The van der Waals surface area contributed by atoms with E-state index in [9.17, 15) is 4.39 Å². The molecule has 0 amide bonds. The Bertz CT molecular complexity index is 81.1. The van der Waals surface area contributed by atoms with Gasteiger partial charge in [0.25, 0.3) is 0 Å². The predicted octanol–water partition coefficient (Wildman–Crippen LogP) is 1.38. The molecule has 0 aromatic heterocycles. The van der Waals surface area contributed by atoms with Gasteiger partial charge in [-0.2, -0.15) is 0 Å². The van der Waals surface area contributed by atoms with Crippen LogP contribution in [0.2, 0.25) is 0 Å². The molecule has 0 aromatic rings. The first kappa shape index (κ1) is 9.18. The average molecular weight is 154 g/mol. The van der Waals surface area contributed by atoms with Gasteiger partial charge < -0.3 is 5.32 Å². The Morgan fingerprint density at radius 2 is 2.33 bits per heavy atom. The normalized spacial score (nSPS) is 34.0. The van der Waals surface area contributed by atoms with Crippen LogP contribution in [0.15, 0.2) is 0 Å². The molecule has 0 aliphatic carbocycles. The van der Waals surface area contributed by atoms with Crippen LogP contribution in [0.1, 0.15) is 13.3 Å². The summed E-state index contributed by atoms with van der Waals surface area (Å²) < 4.78 is 12.0. The summed E-state index contributed by atoms with van der Waals surface area (Å²) in [6.45, 7) is 3.64. The molecule has 0 radical (unpaired) electrons. The fraction of sp³-hybridized carbons (Fsp3) is 1.00. The van der Waals surface area contributed by atoms with E-state index in [0.717, 1.165) is 19.5 Å². The minimum atomic E-state index is -0.181. The van der Waals surface area contributed by atoms with Crippen LogP contribution in [0.5, 0.6) is 0 Å². The second-order valence-electron chi connectivity index (χ2n) is 2.87. The molecule has 1 fully saturated rings. The lowest BCUT2D eigenvalue weighted by molar-refractivity contribution is 0.257. The third-order valence-electron chi connectivity index (χ3n) is 1.78. The van der Waals surface area contributed by atoms with Gasteiger partial charge in [-0.1, -0.05) is 6.92 Å². The number of hydrogen-bond donors (Lipinski definition) is 1. The zero-order chi connectivity index (χ0) is 6.04. The third kappa shape index (κ3) is 2.11. The van der Waals surface area contributed by atoms with E-state index < -0.39 is 0 Å². The molecule has 1 nitrogen and oxygen atoms in total. The number of hydrogen-bond acceptors (Lipinski definition) is 1. The molecular weight excluding hydrogens is 141 g/mol. The number of halogens is 2. The van der Waals surface area contributed by atoms with Crippen molar-refractivity contribution in [2.75, 3.05) is 19.8 Å². The lowest BCUT2D eigenvalue weighted by atomic mass is 9.92. The van der Waals surface area contributed by atoms with E-state index in [0.29, 0.717) is 0 Å². The number of nitrogens with one attached hydrogen (secondary N) is 1. The smallest absolute Gasteiger partial charge is 0.0960 e. The summed E-state index contributed by atoms with van der Waals surface area (Å²) in [5, 5.41) is 3.12. The zero-order valence-electron chi connectivity index (χ0n) is 5.61. The van der Waals surface area contributed by atoms with Gasteiger partial charge in [0.15, 0.2) is 0 Å². The molecule has 9 heavy (non-hydrogen) atoms. The fourth-order valence-corrected chi connectivity index (χ4v) is 0.983. The highest BCUT2D eigenvalue weighted by molar-refractivity contribution is 5.85. The lowest BCUT2D eigenvalue weighted by Crippen LogP contribution is -2.21. The van der Waals surface area contributed by atoms with Gasteiger partial charge in [-0.25, -0.2) is 0 Å². The topological polar surface area (TPSA) is 12.0 Å². The molecule has 56 valence electrons. The first-order chi connectivity index (χ1) is 3.77. The monoisotopic (exact) mass is 153 g/mol. The number of alkyl halides is 1. The molecular formula is C6H13ClFN. The Balaban J connectivity index is 0.000000640. The van der Waals surface area contributed by atoms with Crippen LogP contribution in [-0.4, -0.2) is 19.8 Å². The van der Waals surface area contributed by atoms with Crippen molar-refractivity contribution in [3.63, 3.8) is 0 Å². The van der Waals surface area contributed by atoms with Gasteiger partial charge in [0.2, 0.25) is 0 Å². The quantitative estimate of drug-likeness (QED) is 0.600. The Morgan fingerprint density at radius 3 is 2.56 bits per heavy atom. The van der Waals surface area contributed by atoms with Crippen molar-refractivity contribution < 1.29 is 4.39 Å². The molecule has 0 spiro atoms. The van der Waals surface area contributed by atoms with Gasteiger partial charge in [-0.3, -0.25) is 4.39 Å². The van der Waals surface area contributed by atoms with Crippen molar-refractivity contribution >= 4 is 12.4 Å². The Labute approximate surface area is 61.4 Å². The predicted molar refractivity (Wildman–Crippen MR) is 38.8 cm³/mol. The Morgan fingerprint density at radius 1 is 1.67 bits per heavy atom. The van der Waals surface area contributed by atoms with Crippen LogP contribution in [0.25, 0.3) is 0 Å². The minimum absolute atomic E-state index is 0. The SMILES string of the molecule is CC1(CF)CCNC1.Cl. The van der Waals surface area contributed by atoms with E-state index in [1.54, 1.807) is 0 Å². The van der Waals surface area contributed by atoms with E-state index in [1.165, 1.54) is 0 Å². The van der Waals surface area contributed by atoms with E-state index in [2.05, 4.69) is 5.32 Å². The van der Waals surface area contributed by atoms with E-state index in [4.69, 9.17) is 0 Å². The zero-order valence-corrected chi connectivity index (χ0v) is 6.43. The largest absolute Gasteiger partial charge is 0.316 e. The van der Waals surface area contributed by atoms with Crippen molar-refractivity contribution in [2.24, 2.45) is 5.41 Å². The highest BCUT2D eigenvalue weighted by Gasteiger charge is 2.27. The van der Waals surface area contributed by atoms with Gasteiger partial charge in [0.05, 0.1) is 6.67 Å². The van der Waals surface area contributed by atoms with Crippen molar-refractivity contribution in [1.82, 2.24) is 5.32 Å². The van der Waals surface area contributed by atoms with Gasteiger partial charge in [0.1, 0.15) is 0 Å². The first-order valence-corrected chi connectivity index (χ1v) is 3.04. The molecule has 1 atom stereocenters. The highest BCUT2D eigenvalue weighted by Crippen LogP contribution is 2.23. The standard InChI is InChI=1S/C6H12FN.ClH/c1-6(4-7)2-3-8-5-6;/h8H,2-5H2,1H3;1H. The van der Waals surface area contributed by atoms with Gasteiger partial charge in [-0.15, -0.1) is 12.4 Å². The Hall–Kier alpha value is 0.180. The molecule has 1 rings (SSSR count). The molecule has 1 heterocycles. The summed E-state index contributed by atoms with van der Waals surface area (Å²) in [6.07, 6.45) is 0.990. The summed E-state index contributed by atoms with van der Waals surface area (Å²) in [7, 11) is 0. The first-order valence-electron chi connectivity index (χ1n) is 3.04. The summed E-state index contributed by atoms with van der Waals surface area (Å²) in [4.78, 5) is 0. The Kier molecular flexibility index (Phi) is 3.44. The van der Waals surface area contributed by atoms with Crippen molar-refractivity contribution in [2.45, 2.75) is 13.3 Å². The van der Waals surface area contributed by atoms with Crippen LogP contribution in [0.3, 0.4) is 0 Å². The summed E-state index contributed by atoms with van der Waals surface area (Å²) in [5.41, 5.74) is -0.0417. The van der Waals surface area contributed by atoms with Crippen LogP contribution in [0, 0.1) is 5.41 Å². The summed E-state index contributed by atoms with van der Waals surface area (Å²) in [5.74, 6) is 0. The number of rotatable bonds is 1. The molecule has 0 aromatic carbocycles. The molecule has 1 saturated heterocycles. The maximum Gasteiger partial charge on any atom is 0.0960 e. The van der Waals surface area contributed by atoms with Gasteiger partial charge in [-0.05, 0) is 13.0 Å². The van der Waals surface area contributed by atoms with Crippen LogP contribution in [0.4, 0.5) is 4.39 Å². The molecule has 0 saturated carbocycles. The van der Waals surface area contributed by atoms with Crippen molar-refractivity contribution in [3.8, 4) is 0 Å². The second kappa shape index (κ2) is 3.37. The average Bonchev–Trinajstić information content (AvgIpc) is 2.17. The maximum absolute atomic E-state index is 12.0. The fourth-order valence-electron chi connectivity index (χ4n) is 0.983. The van der Waals surface area contributed by atoms with Crippen LogP contribution >= 0.6 is 12.4 Å². The second-order valence-corrected chi connectivity index (χ2v) is 2.87. The highest BCUT2D eigenvalue weighted by atomic mass is 35.5. The van der Waals surface area contributed by atoms with Crippen molar-refractivity contribution in [1.29, 1.82) is 0 Å². The van der Waals surface area contributed by atoms with E-state index >= 15 is 0 Å². The third-order valence-corrected chi connectivity index (χ3v) is 1.78. The van der Waals surface area contributed by atoms with Crippen molar-refractivity contribution in [3.05, 3.63) is 0 Å². The summed E-state index contributed by atoms with van der Waals surface area (Å²) in [6, 6.07) is 0. The van der Waals surface area contributed by atoms with Gasteiger partial charge in [0, 0.05) is 12.0 Å². The molecule has 1 unspecified atom stereocenters. The minimum Gasteiger partial charge on any atom is -0.316 e. The van der Waals surface area contributed by atoms with Crippen LogP contribution in [-0.2, 0) is 0 Å². The molecule has 1 N–H and O–H groups in total. The van der Waals surface area contributed by atoms with E-state index in [-0.39, 0.29) is 24.5 Å². The molecule has 0 bridgehead atoms. The van der Waals surface area contributed by atoms with Crippen LogP contribution < -0.4 is 5.32 Å². The van der Waals surface area contributed by atoms with Gasteiger partial charge >= 0.3 is 0 Å². The molecule has 1 aliphatic heterocycles.